The number of nitrogens with one attached hydrogen (secondary N) is 1. The first-order valence-electron chi connectivity index (χ1n) is 6.55. The Kier molecular flexibility index (Phi) is 6.38. The highest BCUT2D eigenvalue weighted by molar-refractivity contribution is 8.00. The first-order valence-corrected chi connectivity index (χ1v) is 7.60. The summed E-state index contributed by atoms with van der Waals surface area (Å²) in [5.74, 6) is 1.03. The molecule has 19 heavy (non-hydrogen) atoms. The lowest BCUT2D eigenvalue weighted by Crippen LogP contribution is -2.24. The van der Waals surface area contributed by atoms with Crippen LogP contribution in [0.15, 0.2) is 18.2 Å². The quantitative estimate of drug-likeness (QED) is 0.843. The topological polar surface area (TPSA) is 49.3 Å². The summed E-state index contributed by atoms with van der Waals surface area (Å²) in [5.41, 5.74) is 3.07. The van der Waals surface area contributed by atoms with Crippen LogP contribution in [-0.4, -0.2) is 28.6 Å². The van der Waals surface area contributed by atoms with Crippen molar-refractivity contribution >= 4 is 23.4 Å². The standard InChI is InChI=1S/C15H23NO2S/c1-10(8-17)9-19-13(4)15(18)16-14-11(2)6-5-7-12(14)3/h5-7,10,13,17H,8-9H2,1-4H3,(H,16,18). The molecule has 0 aliphatic heterocycles. The molecule has 1 aromatic carbocycles. The van der Waals surface area contributed by atoms with Crippen LogP contribution < -0.4 is 5.32 Å². The molecule has 0 saturated carbocycles. The van der Waals surface area contributed by atoms with Gasteiger partial charge in [0.2, 0.25) is 5.91 Å². The number of benzene rings is 1. The Morgan fingerprint density at radius 1 is 1.32 bits per heavy atom. The molecule has 0 radical (unpaired) electrons. The summed E-state index contributed by atoms with van der Waals surface area (Å²) in [5, 5.41) is 11.9. The van der Waals surface area contributed by atoms with Crippen LogP contribution in [0.25, 0.3) is 0 Å². The predicted molar refractivity (Wildman–Crippen MR) is 82.7 cm³/mol. The van der Waals surface area contributed by atoms with Crippen molar-refractivity contribution in [3.8, 4) is 0 Å². The highest BCUT2D eigenvalue weighted by Crippen LogP contribution is 2.22. The Bertz CT molecular complexity index is 414. The van der Waals surface area contributed by atoms with Crippen LogP contribution >= 0.6 is 11.8 Å². The van der Waals surface area contributed by atoms with Gasteiger partial charge in [-0.2, -0.15) is 0 Å². The van der Waals surface area contributed by atoms with Crippen LogP contribution in [0.2, 0.25) is 0 Å². The van der Waals surface area contributed by atoms with Gasteiger partial charge in [-0.15, -0.1) is 11.8 Å². The molecule has 106 valence electrons. The maximum absolute atomic E-state index is 12.1. The summed E-state index contributed by atoms with van der Waals surface area (Å²) in [6.07, 6.45) is 0. The number of anilines is 1. The first-order chi connectivity index (χ1) is 8.95. The zero-order chi connectivity index (χ0) is 14.4. The highest BCUT2D eigenvalue weighted by Gasteiger charge is 2.16. The van der Waals surface area contributed by atoms with Crippen molar-refractivity contribution in [2.75, 3.05) is 17.7 Å². The van der Waals surface area contributed by atoms with Gasteiger partial charge in [-0.1, -0.05) is 25.1 Å². The summed E-state index contributed by atoms with van der Waals surface area (Å²) in [6.45, 7) is 8.03. The van der Waals surface area contributed by atoms with Gasteiger partial charge >= 0.3 is 0 Å². The molecule has 1 amide bonds. The molecule has 0 bridgehead atoms. The number of carbonyl (C=O) groups is 1. The van der Waals surface area contributed by atoms with E-state index in [1.165, 1.54) is 0 Å². The average Bonchev–Trinajstić information content (AvgIpc) is 2.39. The molecule has 2 atom stereocenters. The van der Waals surface area contributed by atoms with Gasteiger partial charge in [0.25, 0.3) is 0 Å². The van der Waals surface area contributed by atoms with Crippen molar-refractivity contribution in [1.82, 2.24) is 0 Å². The molecule has 1 aromatic rings. The number of para-hydroxylation sites is 1. The van der Waals surface area contributed by atoms with E-state index < -0.39 is 0 Å². The molecule has 0 aliphatic carbocycles. The zero-order valence-corrected chi connectivity index (χ0v) is 12.9. The van der Waals surface area contributed by atoms with Crippen LogP contribution in [0.1, 0.15) is 25.0 Å². The van der Waals surface area contributed by atoms with E-state index in [0.717, 1.165) is 22.6 Å². The van der Waals surface area contributed by atoms with Crippen molar-refractivity contribution in [1.29, 1.82) is 0 Å². The van der Waals surface area contributed by atoms with Crippen LogP contribution in [-0.2, 0) is 4.79 Å². The second kappa shape index (κ2) is 7.56. The number of aliphatic hydroxyl groups is 1. The van der Waals surface area contributed by atoms with Gasteiger partial charge in [-0.3, -0.25) is 4.79 Å². The SMILES string of the molecule is Cc1cccc(C)c1NC(=O)C(C)SCC(C)CO. The fourth-order valence-electron chi connectivity index (χ4n) is 1.67. The minimum Gasteiger partial charge on any atom is -0.396 e. The lowest BCUT2D eigenvalue weighted by Gasteiger charge is -2.16. The molecule has 3 nitrogen and oxygen atoms in total. The van der Waals surface area contributed by atoms with Gasteiger partial charge in [-0.25, -0.2) is 0 Å². The Labute approximate surface area is 119 Å². The summed E-state index contributed by atoms with van der Waals surface area (Å²) in [7, 11) is 0. The van der Waals surface area contributed by atoms with Crippen molar-refractivity contribution in [2.24, 2.45) is 5.92 Å². The molecule has 2 unspecified atom stereocenters. The number of amides is 1. The fraction of sp³-hybridized carbons (Fsp3) is 0.533. The summed E-state index contributed by atoms with van der Waals surface area (Å²) in [4.78, 5) is 12.1. The van der Waals surface area contributed by atoms with E-state index in [4.69, 9.17) is 5.11 Å². The number of rotatable bonds is 6. The maximum atomic E-state index is 12.1. The van der Waals surface area contributed by atoms with Crippen molar-refractivity contribution in [3.63, 3.8) is 0 Å². The second-order valence-electron chi connectivity index (χ2n) is 5.02. The van der Waals surface area contributed by atoms with E-state index in [1.54, 1.807) is 11.8 Å². The van der Waals surface area contributed by atoms with E-state index in [9.17, 15) is 4.79 Å². The number of hydrogen-bond donors (Lipinski definition) is 2. The molecule has 0 fully saturated rings. The molecule has 0 spiro atoms. The molecule has 2 N–H and O–H groups in total. The van der Waals surface area contributed by atoms with Gasteiger partial charge in [0.1, 0.15) is 0 Å². The van der Waals surface area contributed by atoms with Gasteiger partial charge in [0.15, 0.2) is 0 Å². The molecule has 0 saturated heterocycles. The summed E-state index contributed by atoms with van der Waals surface area (Å²) >= 11 is 1.58. The van der Waals surface area contributed by atoms with E-state index in [0.29, 0.717) is 0 Å². The third-order valence-electron chi connectivity index (χ3n) is 3.04. The van der Waals surface area contributed by atoms with Crippen LogP contribution in [0.4, 0.5) is 5.69 Å². The van der Waals surface area contributed by atoms with E-state index in [1.807, 2.05) is 45.9 Å². The predicted octanol–water partition coefficient (Wildman–Crippen LogP) is 2.99. The second-order valence-corrected chi connectivity index (χ2v) is 6.39. The van der Waals surface area contributed by atoms with Gasteiger partial charge in [-0.05, 0) is 43.6 Å². The summed E-state index contributed by atoms with van der Waals surface area (Å²) in [6, 6.07) is 5.98. The normalized spacial score (nSPS) is 13.9. The van der Waals surface area contributed by atoms with Crippen molar-refractivity contribution < 1.29 is 9.90 Å². The number of hydrogen-bond acceptors (Lipinski definition) is 3. The molecule has 0 aromatic heterocycles. The van der Waals surface area contributed by atoms with Crippen molar-refractivity contribution in [3.05, 3.63) is 29.3 Å². The van der Waals surface area contributed by atoms with E-state index in [2.05, 4.69) is 5.32 Å². The third kappa shape index (κ3) is 4.88. The van der Waals surface area contributed by atoms with Crippen LogP contribution in [0.5, 0.6) is 0 Å². The summed E-state index contributed by atoms with van der Waals surface area (Å²) < 4.78 is 0. The average molecular weight is 281 g/mol. The van der Waals surface area contributed by atoms with Crippen LogP contribution in [0, 0.1) is 19.8 Å². The molecule has 1 rings (SSSR count). The number of aryl methyl sites for hydroxylation is 2. The lowest BCUT2D eigenvalue weighted by molar-refractivity contribution is -0.115. The fourth-order valence-corrected chi connectivity index (χ4v) is 2.61. The monoisotopic (exact) mass is 281 g/mol. The first kappa shape index (κ1) is 16.1. The Balaban J connectivity index is 2.59. The van der Waals surface area contributed by atoms with E-state index >= 15 is 0 Å². The number of thioether (sulfide) groups is 1. The third-order valence-corrected chi connectivity index (χ3v) is 4.52. The van der Waals surface area contributed by atoms with E-state index in [-0.39, 0.29) is 23.7 Å². The molecule has 4 heteroatoms. The Hall–Kier alpha value is -1.000. The molecular weight excluding hydrogens is 258 g/mol. The number of aliphatic hydroxyl groups excluding tert-OH is 1. The largest absolute Gasteiger partial charge is 0.396 e. The Morgan fingerprint density at radius 3 is 2.42 bits per heavy atom. The van der Waals surface area contributed by atoms with Crippen LogP contribution in [0.3, 0.4) is 0 Å². The maximum Gasteiger partial charge on any atom is 0.237 e. The van der Waals surface area contributed by atoms with Crippen molar-refractivity contribution in [2.45, 2.75) is 32.9 Å². The molecule has 0 aliphatic rings. The van der Waals surface area contributed by atoms with Gasteiger partial charge < -0.3 is 10.4 Å². The minimum atomic E-state index is -0.118. The zero-order valence-electron chi connectivity index (χ0n) is 12.1. The molecular formula is C15H23NO2S. The van der Waals surface area contributed by atoms with Gasteiger partial charge in [0.05, 0.1) is 5.25 Å². The number of carbonyl (C=O) groups excluding carboxylic acids is 1. The smallest absolute Gasteiger partial charge is 0.237 e. The lowest BCUT2D eigenvalue weighted by atomic mass is 10.1. The van der Waals surface area contributed by atoms with Gasteiger partial charge in [0, 0.05) is 12.3 Å². The Morgan fingerprint density at radius 2 is 1.89 bits per heavy atom. The minimum absolute atomic E-state index is 0.0209. The molecule has 0 heterocycles. The highest BCUT2D eigenvalue weighted by atomic mass is 32.2.